The Morgan fingerprint density at radius 3 is 2.25 bits per heavy atom. The number of aryl methyl sites for hydroxylation is 3. The molecule has 0 aliphatic carbocycles. The smallest absolute Gasteiger partial charge is 0.318 e. The van der Waals surface area contributed by atoms with E-state index in [1.165, 1.54) is 22.8 Å². The van der Waals surface area contributed by atoms with Crippen molar-refractivity contribution in [1.82, 2.24) is 9.24 Å². The molecule has 1 saturated heterocycles. The van der Waals surface area contributed by atoms with E-state index < -0.39 is 11.7 Å². The van der Waals surface area contributed by atoms with Crippen molar-refractivity contribution in [3.8, 4) is 5.69 Å². The Bertz CT molecular complexity index is 1260. The molecule has 166 valence electrons. The molecule has 4 nitrogen and oxygen atoms in total. The van der Waals surface area contributed by atoms with Crippen molar-refractivity contribution >= 4 is 40.3 Å². The predicted molar refractivity (Wildman–Crippen MR) is 126 cm³/mol. The highest BCUT2D eigenvalue weighted by Crippen LogP contribution is 2.35. The Balaban J connectivity index is 1.73. The average molecular weight is 476 g/mol. The normalized spacial score (nSPS) is 16.0. The number of rotatable bonds is 3. The molecule has 0 atom stereocenters. The van der Waals surface area contributed by atoms with Gasteiger partial charge in [0, 0.05) is 28.5 Å². The van der Waals surface area contributed by atoms with Gasteiger partial charge in [0.05, 0.1) is 10.5 Å². The summed E-state index contributed by atoms with van der Waals surface area (Å²) in [7, 11) is 0. The second kappa shape index (κ2) is 7.97. The van der Waals surface area contributed by atoms with Crippen LogP contribution < -0.4 is 5.01 Å². The molecule has 9 heteroatoms. The number of nitrogens with zero attached hydrogens (tertiary/aromatic N) is 3. The molecule has 32 heavy (non-hydrogen) atoms. The summed E-state index contributed by atoms with van der Waals surface area (Å²) >= 11 is 6.67. The zero-order valence-corrected chi connectivity index (χ0v) is 19.5. The fourth-order valence-corrected chi connectivity index (χ4v) is 5.13. The van der Waals surface area contributed by atoms with E-state index in [-0.39, 0.29) is 5.91 Å². The SMILES string of the molecule is Cc1cc(/C=C2\SC(=S)N(n3c(C)ccc3C)C2=O)c(C)n1-c1cccc(C(F)(F)F)c1. The third kappa shape index (κ3) is 3.80. The van der Waals surface area contributed by atoms with Crippen molar-refractivity contribution in [2.24, 2.45) is 0 Å². The summed E-state index contributed by atoms with van der Waals surface area (Å²) in [6.07, 6.45) is -2.67. The van der Waals surface area contributed by atoms with Crippen molar-refractivity contribution in [2.45, 2.75) is 33.9 Å². The molecule has 0 spiro atoms. The van der Waals surface area contributed by atoms with Crippen molar-refractivity contribution in [2.75, 3.05) is 5.01 Å². The van der Waals surface area contributed by atoms with Gasteiger partial charge in [-0.15, -0.1) is 0 Å². The first-order chi connectivity index (χ1) is 15.0. The summed E-state index contributed by atoms with van der Waals surface area (Å²) < 4.78 is 43.5. The molecule has 1 aliphatic heterocycles. The van der Waals surface area contributed by atoms with Gasteiger partial charge in [-0.25, -0.2) is 0 Å². The van der Waals surface area contributed by atoms with Gasteiger partial charge in [0.1, 0.15) is 0 Å². The number of thioether (sulfide) groups is 1. The maximum atomic E-state index is 13.2. The van der Waals surface area contributed by atoms with E-state index in [1.54, 1.807) is 21.4 Å². The van der Waals surface area contributed by atoms with Crippen LogP contribution in [-0.2, 0) is 11.0 Å². The van der Waals surface area contributed by atoms with Crippen LogP contribution in [0, 0.1) is 27.7 Å². The number of halogens is 3. The fraction of sp³-hybridized carbons (Fsp3) is 0.217. The quantitative estimate of drug-likeness (QED) is 0.340. The van der Waals surface area contributed by atoms with Crippen LogP contribution in [0.4, 0.5) is 13.2 Å². The highest BCUT2D eigenvalue weighted by atomic mass is 32.2. The van der Waals surface area contributed by atoms with E-state index in [9.17, 15) is 18.0 Å². The largest absolute Gasteiger partial charge is 0.416 e. The highest BCUT2D eigenvalue weighted by molar-refractivity contribution is 8.27. The van der Waals surface area contributed by atoms with Crippen LogP contribution in [0.1, 0.15) is 33.9 Å². The van der Waals surface area contributed by atoms with Crippen LogP contribution in [0.5, 0.6) is 0 Å². The Hall–Kier alpha value is -2.78. The summed E-state index contributed by atoms with van der Waals surface area (Å²) in [5, 5.41) is 1.47. The summed E-state index contributed by atoms with van der Waals surface area (Å²) in [4.78, 5) is 13.6. The number of benzene rings is 1. The summed E-state index contributed by atoms with van der Waals surface area (Å²) in [6.45, 7) is 7.44. The Morgan fingerprint density at radius 2 is 1.62 bits per heavy atom. The molecule has 0 bridgehead atoms. The first-order valence-electron chi connectivity index (χ1n) is 9.79. The fourth-order valence-electron chi connectivity index (χ4n) is 3.90. The highest BCUT2D eigenvalue weighted by Gasteiger charge is 2.35. The van der Waals surface area contributed by atoms with Gasteiger partial charge in [-0.1, -0.05) is 17.8 Å². The molecule has 1 amide bonds. The number of hydrogen-bond acceptors (Lipinski definition) is 3. The van der Waals surface area contributed by atoms with Gasteiger partial charge in [-0.05, 0) is 88.0 Å². The molecule has 0 radical (unpaired) electrons. The minimum absolute atomic E-state index is 0.230. The van der Waals surface area contributed by atoms with Crippen LogP contribution in [0.3, 0.4) is 0 Å². The monoisotopic (exact) mass is 475 g/mol. The standard InChI is InChI=1S/C23H20F3N3OS2/c1-13-8-9-14(2)28(13)29-21(30)20(32-22(29)31)11-17-10-15(3)27(16(17)4)19-7-5-6-18(12-19)23(24,25)26/h5-12H,1-4H3/b20-11-. The van der Waals surface area contributed by atoms with E-state index in [4.69, 9.17) is 12.2 Å². The van der Waals surface area contributed by atoms with Crippen LogP contribution >= 0.6 is 24.0 Å². The maximum Gasteiger partial charge on any atom is 0.416 e. The van der Waals surface area contributed by atoms with E-state index in [0.29, 0.717) is 14.9 Å². The van der Waals surface area contributed by atoms with E-state index in [0.717, 1.165) is 40.5 Å². The van der Waals surface area contributed by atoms with Crippen molar-refractivity contribution in [1.29, 1.82) is 0 Å². The molecule has 0 unspecified atom stereocenters. The van der Waals surface area contributed by atoms with Gasteiger partial charge >= 0.3 is 6.18 Å². The Morgan fingerprint density at radius 1 is 0.969 bits per heavy atom. The summed E-state index contributed by atoms with van der Waals surface area (Å²) in [6, 6.07) is 10.9. The number of carbonyl (C=O) groups is 1. The molecular formula is C23H20F3N3OS2. The van der Waals surface area contributed by atoms with Gasteiger partial charge in [-0.3, -0.25) is 9.47 Å². The lowest BCUT2D eigenvalue weighted by atomic mass is 10.2. The zero-order chi connectivity index (χ0) is 23.4. The van der Waals surface area contributed by atoms with E-state index in [1.807, 2.05) is 45.9 Å². The van der Waals surface area contributed by atoms with Gasteiger partial charge in [0.15, 0.2) is 4.32 Å². The topological polar surface area (TPSA) is 30.2 Å². The summed E-state index contributed by atoms with van der Waals surface area (Å²) in [5.41, 5.74) is 3.75. The molecular weight excluding hydrogens is 455 g/mol. The first-order valence-corrected chi connectivity index (χ1v) is 11.0. The lowest BCUT2D eigenvalue weighted by Gasteiger charge is -2.20. The molecule has 1 aliphatic rings. The third-order valence-electron chi connectivity index (χ3n) is 5.40. The lowest BCUT2D eigenvalue weighted by molar-refractivity contribution is -0.137. The van der Waals surface area contributed by atoms with E-state index in [2.05, 4.69) is 0 Å². The molecule has 3 aromatic rings. The van der Waals surface area contributed by atoms with Crippen LogP contribution in [0.2, 0.25) is 0 Å². The van der Waals surface area contributed by atoms with Crippen molar-refractivity contribution in [3.63, 3.8) is 0 Å². The average Bonchev–Trinajstić information content (AvgIpc) is 3.29. The predicted octanol–water partition coefficient (Wildman–Crippen LogP) is 6.07. The van der Waals surface area contributed by atoms with Crippen LogP contribution in [0.25, 0.3) is 11.8 Å². The molecule has 3 heterocycles. The molecule has 4 rings (SSSR count). The van der Waals surface area contributed by atoms with Crippen molar-refractivity contribution in [3.05, 3.63) is 81.3 Å². The molecule has 0 N–H and O–H groups in total. The van der Waals surface area contributed by atoms with Gasteiger partial charge < -0.3 is 4.57 Å². The molecule has 2 aromatic heterocycles. The molecule has 1 aromatic carbocycles. The molecule has 0 saturated carbocycles. The number of thiocarbonyl (C=S) groups is 1. The lowest BCUT2D eigenvalue weighted by Crippen LogP contribution is -2.39. The maximum absolute atomic E-state index is 13.2. The third-order valence-corrected chi connectivity index (χ3v) is 6.68. The van der Waals surface area contributed by atoms with Gasteiger partial charge in [0.2, 0.25) is 0 Å². The number of amides is 1. The molecule has 1 fully saturated rings. The second-order valence-electron chi connectivity index (χ2n) is 7.63. The zero-order valence-electron chi connectivity index (χ0n) is 17.8. The van der Waals surface area contributed by atoms with Gasteiger partial charge in [0.25, 0.3) is 5.91 Å². The Labute approximate surface area is 193 Å². The van der Waals surface area contributed by atoms with E-state index >= 15 is 0 Å². The minimum Gasteiger partial charge on any atom is -0.318 e. The number of carbonyl (C=O) groups excluding carboxylic acids is 1. The first kappa shape index (κ1) is 22.4. The summed E-state index contributed by atoms with van der Waals surface area (Å²) in [5.74, 6) is -0.230. The second-order valence-corrected chi connectivity index (χ2v) is 9.31. The van der Waals surface area contributed by atoms with Gasteiger partial charge in [-0.2, -0.15) is 18.2 Å². The van der Waals surface area contributed by atoms with Crippen LogP contribution in [-0.4, -0.2) is 19.5 Å². The number of hydrogen-bond donors (Lipinski definition) is 0. The minimum atomic E-state index is -4.42. The van der Waals surface area contributed by atoms with Crippen LogP contribution in [0.15, 0.2) is 47.4 Å². The number of alkyl halides is 3. The Kier molecular flexibility index (Phi) is 5.58. The van der Waals surface area contributed by atoms with Crippen molar-refractivity contribution < 1.29 is 18.0 Å². The number of aromatic nitrogens is 2.